The highest BCUT2D eigenvalue weighted by Crippen LogP contribution is 2.13. The third-order valence-corrected chi connectivity index (χ3v) is 3.44. The molecule has 0 aliphatic rings. The van der Waals surface area contributed by atoms with E-state index in [1.54, 1.807) is 12.1 Å². The third-order valence-electron chi connectivity index (χ3n) is 3.22. The molecule has 1 amide bonds. The quantitative estimate of drug-likeness (QED) is 0.922. The SMILES string of the molecule is Cc1ccc(CN(C)[C@@H](C)C(=O)Nc2ccc(Cl)cn2)o1. The maximum Gasteiger partial charge on any atom is 0.242 e. The average molecular weight is 308 g/mol. The summed E-state index contributed by atoms with van der Waals surface area (Å²) in [5.41, 5.74) is 0. The molecule has 0 saturated heterocycles. The molecule has 21 heavy (non-hydrogen) atoms. The van der Waals surface area contributed by atoms with Crippen LogP contribution in [0.5, 0.6) is 0 Å². The fourth-order valence-corrected chi connectivity index (χ4v) is 1.95. The zero-order valence-corrected chi connectivity index (χ0v) is 13.0. The van der Waals surface area contributed by atoms with Crippen molar-refractivity contribution in [3.8, 4) is 0 Å². The zero-order valence-electron chi connectivity index (χ0n) is 12.3. The molecule has 2 aromatic heterocycles. The summed E-state index contributed by atoms with van der Waals surface area (Å²) in [5.74, 6) is 2.05. The molecule has 2 heterocycles. The van der Waals surface area contributed by atoms with Gasteiger partial charge >= 0.3 is 0 Å². The first-order valence-electron chi connectivity index (χ1n) is 6.63. The van der Waals surface area contributed by atoms with Gasteiger partial charge in [0.25, 0.3) is 0 Å². The lowest BCUT2D eigenvalue weighted by Crippen LogP contribution is -2.39. The van der Waals surface area contributed by atoms with E-state index >= 15 is 0 Å². The van der Waals surface area contributed by atoms with E-state index in [1.165, 1.54) is 6.20 Å². The molecule has 2 rings (SSSR count). The summed E-state index contributed by atoms with van der Waals surface area (Å²) in [5, 5.41) is 3.29. The van der Waals surface area contributed by atoms with Crippen LogP contribution < -0.4 is 5.32 Å². The van der Waals surface area contributed by atoms with Crippen molar-refractivity contribution in [3.63, 3.8) is 0 Å². The summed E-state index contributed by atoms with van der Waals surface area (Å²) in [6, 6.07) is 6.86. The van der Waals surface area contributed by atoms with Gasteiger partial charge < -0.3 is 9.73 Å². The first kappa shape index (κ1) is 15.5. The molecular weight excluding hydrogens is 290 g/mol. The Kier molecular flexibility index (Phi) is 4.98. The lowest BCUT2D eigenvalue weighted by atomic mass is 10.2. The highest BCUT2D eigenvalue weighted by molar-refractivity contribution is 6.30. The molecule has 0 saturated carbocycles. The number of carbonyl (C=O) groups is 1. The molecule has 0 spiro atoms. The van der Waals surface area contributed by atoms with Gasteiger partial charge in [-0.3, -0.25) is 9.69 Å². The summed E-state index contributed by atoms with van der Waals surface area (Å²) in [6.07, 6.45) is 1.50. The summed E-state index contributed by atoms with van der Waals surface area (Å²) >= 11 is 5.76. The highest BCUT2D eigenvalue weighted by atomic mass is 35.5. The summed E-state index contributed by atoms with van der Waals surface area (Å²) in [4.78, 5) is 18.1. The molecule has 112 valence electrons. The van der Waals surface area contributed by atoms with Gasteiger partial charge in [-0.25, -0.2) is 4.98 Å². The van der Waals surface area contributed by atoms with Crippen molar-refractivity contribution in [1.82, 2.24) is 9.88 Å². The first-order chi connectivity index (χ1) is 9.95. The van der Waals surface area contributed by atoms with Crippen LogP contribution in [0.2, 0.25) is 5.02 Å². The van der Waals surface area contributed by atoms with E-state index in [2.05, 4.69) is 10.3 Å². The molecular formula is C15H18ClN3O2. The number of aryl methyl sites for hydroxylation is 1. The molecule has 5 nitrogen and oxygen atoms in total. The third kappa shape index (κ3) is 4.31. The van der Waals surface area contributed by atoms with Gasteiger partial charge in [-0.15, -0.1) is 0 Å². The van der Waals surface area contributed by atoms with Crippen LogP contribution in [0.3, 0.4) is 0 Å². The van der Waals surface area contributed by atoms with Gasteiger partial charge in [0.2, 0.25) is 5.91 Å². The number of hydrogen-bond acceptors (Lipinski definition) is 4. The number of halogens is 1. The van der Waals surface area contributed by atoms with Gasteiger partial charge in [0.1, 0.15) is 17.3 Å². The van der Waals surface area contributed by atoms with Gasteiger partial charge in [0.15, 0.2) is 0 Å². The second kappa shape index (κ2) is 6.74. The lowest BCUT2D eigenvalue weighted by Gasteiger charge is -2.22. The number of anilines is 1. The minimum atomic E-state index is -0.312. The van der Waals surface area contributed by atoms with Crippen LogP contribution in [-0.4, -0.2) is 28.9 Å². The molecule has 6 heteroatoms. The molecule has 0 aromatic carbocycles. The fourth-order valence-electron chi connectivity index (χ4n) is 1.83. The first-order valence-corrected chi connectivity index (χ1v) is 7.01. The van der Waals surface area contributed by atoms with E-state index in [-0.39, 0.29) is 11.9 Å². The van der Waals surface area contributed by atoms with E-state index in [0.29, 0.717) is 17.4 Å². The number of carbonyl (C=O) groups excluding carboxylic acids is 1. The van der Waals surface area contributed by atoms with Gasteiger partial charge in [-0.05, 0) is 45.2 Å². The molecule has 0 radical (unpaired) electrons. The van der Waals surface area contributed by atoms with E-state index in [1.807, 2.05) is 37.9 Å². The normalized spacial score (nSPS) is 12.4. The average Bonchev–Trinajstić information content (AvgIpc) is 2.85. The van der Waals surface area contributed by atoms with Crippen molar-refractivity contribution >= 4 is 23.3 Å². The molecule has 0 aliphatic heterocycles. The Labute approximate surface area is 128 Å². The van der Waals surface area contributed by atoms with Crippen molar-refractivity contribution in [1.29, 1.82) is 0 Å². The predicted octanol–water partition coefficient (Wildman–Crippen LogP) is 3.10. The van der Waals surface area contributed by atoms with Gasteiger partial charge in [-0.2, -0.15) is 0 Å². The van der Waals surface area contributed by atoms with Crippen LogP contribution in [0.4, 0.5) is 5.82 Å². The standard InChI is InChI=1S/C15H18ClN3O2/c1-10-4-6-13(21-10)9-19(3)11(2)15(20)18-14-7-5-12(16)8-17-14/h4-8,11H,9H2,1-3H3,(H,17,18,20)/t11-/m0/s1. The molecule has 0 unspecified atom stereocenters. The Morgan fingerprint density at radius 1 is 1.43 bits per heavy atom. The smallest absolute Gasteiger partial charge is 0.242 e. The Bertz CT molecular complexity index is 610. The minimum Gasteiger partial charge on any atom is -0.465 e. The van der Waals surface area contributed by atoms with Crippen LogP contribution >= 0.6 is 11.6 Å². The number of hydrogen-bond donors (Lipinski definition) is 1. The Morgan fingerprint density at radius 3 is 2.76 bits per heavy atom. The van der Waals surface area contributed by atoms with Crippen LogP contribution in [0.1, 0.15) is 18.4 Å². The van der Waals surface area contributed by atoms with E-state index in [9.17, 15) is 4.79 Å². The van der Waals surface area contributed by atoms with Gasteiger partial charge in [-0.1, -0.05) is 11.6 Å². The van der Waals surface area contributed by atoms with Gasteiger partial charge in [0.05, 0.1) is 17.6 Å². The summed E-state index contributed by atoms with van der Waals surface area (Å²) in [6.45, 7) is 4.30. The highest BCUT2D eigenvalue weighted by Gasteiger charge is 2.19. The minimum absolute atomic E-state index is 0.129. The maximum absolute atomic E-state index is 12.2. The summed E-state index contributed by atoms with van der Waals surface area (Å²) in [7, 11) is 1.87. The Hall–Kier alpha value is -1.85. The molecule has 1 N–H and O–H groups in total. The largest absolute Gasteiger partial charge is 0.465 e. The van der Waals surface area contributed by atoms with Crippen LogP contribution in [0.15, 0.2) is 34.9 Å². The number of amides is 1. The Morgan fingerprint density at radius 2 is 2.19 bits per heavy atom. The van der Waals surface area contributed by atoms with Crippen LogP contribution in [-0.2, 0) is 11.3 Å². The van der Waals surface area contributed by atoms with Crippen molar-refractivity contribution in [2.24, 2.45) is 0 Å². The van der Waals surface area contributed by atoms with Gasteiger partial charge in [0, 0.05) is 6.20 Å². The topological polar surface area (TPSA) is 58.4 Å². The van der Waals surface area contributed by atoms with Crippen molar-refractivity contribution in [2.75, 3.05) is 12.4 Å². The van der Waals surface area contributed by atoms with Crippen molar-refractivity contribution in [3.05, 3.63) is 47.0 Å². The molecule has 1 atom stereocenters. The van der Waals surface area contributed by atoms with Crippen LogP contribution in [0.25, 0.3) is 0 Å². The Balaban J connectivity index is 1.93. The lowest BCUT2D eigenvalue weighted by molar-refractivity contribution is -0.120. The van der Waals surface area contributed by atoms with E-state index in [0.717, 1.165) is 11.5 Å². The molecule has 0 bridgehead atoms. The number of nitrogens with one attached hydrogen (secondary N) is 1. The zero-order chi connectivity index (χ0) is 15.4. The summed E-state index contributed by atoms with van der Waals surface area (Å²) < 4.78 is 5.52. The van der Waals surface area contributed by atoms with E-state index in [4.69, 9.17) is 16.0 Å². The van der Waals surface area contributed by atoms with Crippen molar-refractivity contribution < 1.29 is 9.21 Å². The van der Waals surface area contributed by atoms with Crippen LogP contribution in [0, 0.1) is 6.92 Å². The number of pyridine rings is 1. The number of likely N-dealkylation sites (N-methyl/N-ethyl adjacent to an activating group) is 1. The number of rotatable bonds is 5. The van der Waals surface area contributed by atoms with Crippen molar-refractivity contribution in [2.45, 2.75) is 26.4 Å². The molecule has 0 fully saturated rings. The second-order valence-corrected chi connectivity index (χ2v) is 5.39. The molecule has 2 aromatic rings. The fraction of sp³-hybridized carbons (Fsp3) is 0.333. The molecule has 0 aliphatic carbocycles. The maximum atomic E-state index is 12.2. The monoisotopic (exact) mass is 307 g/mol. The second-order valence-electron chi connectivity index (χ2n) is 4.95. The number of aromatic nitrogens is 1. The van der Waals surface area contributed by atoms with E-state index < -0.39 is 0 Å². The number of nitrogens with zero attached hydrogens (tertiary/aromatic N) is 2. The predicted molar refractivity (Wildman–Crippen MR) is 82.3 cm³/mol. The number of furan rings is 1.